The van der Waals surface area contributed by atoms with Crippen LogP contribution in [0.2, 0.25) is 0 Å². The first-order valence-electron chi connectivity index (χ1n) is 10.2. The molecule has 1 saturated carbocycles. The summed E-state index contributed by atoms with van der Waals surface area (Å²) in [6.45, 7) is 7.26. The first-order valence-corrected chi connectivity index (χ1v) is 10.2. The lowest BCUT2D eigenvalue weighted by atomic mass is 9.90. The molecule has 2 heterocycles. The zero-order chi connectivity index (χ0) is 20.6. The normalized spacial score (nSPS) is 32.7. The maximum atomic E-state index is 12.6. The van der Waals surface area contributed by atoms with Crippen LogP contribution < -0.4 is 0 Å². The number of carbonyl (C=O) groups excluding carboxylic acids is 2. The van der Waals surface area contributed by atoms with Crippen molar-refractivity contribution in [1.29, 1.82) is 0 Å². The number of fused-ring (bicyclic) bond motifs is 1. The molecule has 1 aliphatic carbocycles. The Morgan fingerprint density at radius 3 is 2.52 bits per heavy atom. The van der Waals surface area contributed by atoms with Gasteiger partial charge < -0.3 is 18.9 Å². The highest BCUT2D eigenvalue weighted by molar-refractivity contribution is 5.89. The maximum absolute atomic E-state index is 12.6. The number of rotatable bonds is 4. The van der Waals surface area contributed by atoms with E-state index in [0.717, 1.165) is 0 Å². The fraction of sp³-hybridized carbons (Fsp3) is 0.565. The van der Waals surface area contributed by atoms with Gasteiger partial charge in [0.2, 0.25) is 0 Å². The average molecular weight is 400 g/mol. The number of hydrogen-bond acceptors (Lipinski definition) is 6. The van der Waals surface area contributed by atoms with E-state index in [1.54, 1.807) is 24.3 Å². The molecular formula is C23H28O6. The summed E-state index contributed by atoms with van der Waals surface area (Å²) in [4.78, 5) is 24.4. The number of ether oxygens (including phenoxy) is 4. The Hall–Kier alpha value is -2.18. The molecule has 0 N–H and O–H groups in total. The highest BCUT2D eigenvalue weighted by Gasteiger charge is 2.51. The zero-order valence-electron chi connectivity index (χ0n) is 17.1. The molecule has 3 fully saturated rings. The molecule has 0 aromatic heterocycles. The largest absolute Gasteiger partial charge is 0.462 e. The monoisotopic (exact) mass is 400 g/mol. The van der Waals surface area contributed by atoms with Gasteiger partial charge in [0.05, 0.1) is 25.2 Å². The van der Waals surface area contributed by atoms with E-state index in [1.165, 1.54) is 0 Å². The fourth-order valence-corrected chi connectivity index (χ4v) is 4.21. The summed E-state index contributed by atoms with van der Waals surface area (Å²) in [5, 5.41) is 0. The van der Waals surface area contributed by atoms with Crippen molar-refractivity contribution < 1.29 is 28.5 Å². The molecule has 3 aliphatic rings. The standard InChI is InChI=1S/C23H28O6/c1-22(2)13-26-23(3,27-14-22)10-9-16-17-11-20(24)28-19(17)12-18(16)29-21(25)15-7-5-4-6-8-15/h4-10,16-19H,11-14H2,1-3H3/t16-,17-,18-,19+/m1/s1. The van der Waals surface area contributed by atoms with Crippen LogP contribution in [0.1, 0.15) is 44.0 Å². The van der Waals surface area contributed by atoms with E-state index in [4.69, 9.17) is 18.9 Å². The van der Waals surface area contributed by atoms with Gasteiger partial charge >= 0.3 is 11.9 Å². The highest BCUT2D eigenvalue weighted by atomic mass is 16.7. The second kappa shape index (κ2) is 7.58. The molecule has 0 unspecified atom stereocenters. The highest BCUT2D eigenvalue weighted by Crippen LogP contribution is 2.44. The molecular weight excluding hydrogens is 372 g/mol. The van der Waals surface area contributed by atoms with Gasteiger partial charge in [-0.1, -0.05) is 38.1 Å². The van der Waals surface area contributed by atoms with Crippen molar-refractivity contribution in [1.82, 2.24) is 0 Å². The van der Waals surface area contributed by atoms with Crippen LogP contribution in [0, 0.1) is 17.3 Å². The molecule has 0 radical (unpaired) electrons. The molecule has 1 aromatic rings. The van der Waals surface area contributed by atoms with E-state index in [1.807, 2.05) is 25.1 Å². The lowest BCUT2D eigenvalue weighted by Gasteiger charge is -2.40. The van der Waals surface area contributed by atoms with Crippen molar-refractivity contribution in [3.8, 4) is 0 Å². The summed E-state index contributed by atoms with van der Waals surface area (Å²) in [5.74, 6) is -1.51. The predicted octanol–water partition coefficient (Wildman–Crippen LogP) is 3.51. The quantitative estimate of drug-likeness (QED) is 0.569. The van der Waals surface area contributed by atoms with Gasteiger partial charge in [-0.3, -0.25) is 4.79 Å². The number of carbonyl (C=O) groups is 2. The number of esters is 2. The smallest absolute Gasteiger partial charge is 0.338 e. The van der Waals surface area contributed by atoms with E-state index < -0.39 is 5.79 Å². The molecule has 6 nitrogen and oxygen atoms in total. The Morgan fingerprint density at radius 2 is 1.83 bits per heavy atom. The first kappa shape index (κ1) is 20.1. The van der Waals surface area contributed by atoms with Crippen LogP contribution in [0.25, 0.3) is 0 Å². The van der Waals surface area contributed by atoms with E-state index in [-0.39, 0.29) is 41.4 Å². The Morgan fingerprint density at radius 1 is 1.14 bits per heavy atom. The second-order valence-corrected chi connectivity index (χ2v) is 9.14. The first-order chi connectivity index (χ1) is 13.7. The third-order valence-electron chi connectivity index (χ3n) is 5.94. The van der Waals surface area contributed by atoms with Crippen LogP contribution in [0.15, 0.2) is 42.5 Å². The molecule has 156 valence electrons. The predicted molar refractivity (Wildman–Crippen MR) is 105 cm³/mol. The van der Waals surface area contributed by atoms with Gasteiger partial charge in [0.15, 0.2) is 5.79 Å². The van der Waals surface area contributed by atoms with E-state index in [0.29, 0.717) is 31.6 Å². The molecule has 29 heavy (non-hydrogen) atoms. The third kappa shape index (κ3) is 4.38. The Balaban J connectivity index is 1.49. The maximum Gasteiger partial charge on any atom is 0.338 e. The van der Waals surface area contributed by atoms with Gasteiger partial charge in [-0.15, -0.1) is 0 Å². The van der Waals surface area contributed by atoms with Crippen LogP contribution in [-0.2, 0) is 23.7 Å². The van der Waals surface area contributed by atoms with Gasteiger partial charge in [0.1, 0.15) is 12.2 Å². The van der Waals surface area contributed by atoms with Crippen molar-refractivity contribution in [2.75, 3.05) is 13.2 Å². The van der Waals surface area contributed by atoms with Gasteiger partial charge in [0.25, 0.3) is 0 Å². The van der Waals surface area contributed by atoms with Crippen molar-refractivity contribution in [2.45, 2.75) is 51.6 Å². The summed E-state index contributed by atoms with van der Waals surface area (Å²) in [7, 11) is 0. The molecule has 0 bridgehead atoms. The summed E-state index contributed by atoms with van der Waals surface area (Å²) >= 11 is 0. The third-order valence-corrected chi connectivity index (χ3v) is 5.94. The molecule has 2 saturated heterocycles. The van der Waals surface area contributed by atoms with Crippen molar-refractivity contribution in [3.05, 3.63) is 48.0 Å². The molecule has 1 aromatic carbocycles. The van der Waals surface area contributed by atoms with Crippen LogP contribution in [0.4, 0.5) is 0 Å². The lowest BCUT2D eigenvalue weighted by molar-refractivity contribution is -0.262. The molecule has 6 heteroatoms. The molecule has 0 amide bonds. The van der Waals surface area contributed by atoms with Crippen LogP contribution in [-0.4, -0.2) is 43.1 Å². The SMILES string of the molecule is CC1(C)COC(C)(C=C[C@@H]2[C@H]3CC(=O)O[C@H]3C[C@H]2OC(=O)c2ccccc2)OC1. The Bertz CT molecular complexity index is 789. The fourth-order valence-electron chi connectivity index (χ4n) is 4.21. The number of hydrogen-bond donors (Lipinski definition) is 0. The summed E-state index contributed by atoms with van der Waals surface area (Å²) in [6.07, 6.45) is 4.14. The van der Waals surface area contributed by atoms with E-state index >= 15 is 0 Å². The summed E-state index contributed by atoms with van der Waals surface area (Å²) in [5.41, 5.74) is 0.489. The van der Waals surface area contributed by atoms with Crippen molar-refractivity contribution in [3.63, 3.8) is 0 Å². The van der Waals surface area contributed by atoms with E-state index in [2.05, 4.69) is 13.8 Å². The minimum absolute atomic E-state index is 0.00375. The summed E-state index contributed by atoms with van der Waals surface area (Å²) in [6, 6.07) is 8.93. The van der Waals surface area contributed by atoms with Crippen molar-refractivity contribution in [2.24, 2.45) is 17.3 Å². The zero-order valence-corrected chi connectivity index (χ0v) is 17.1. The number of benzene rings is 1. The minimum atomic E-state index is -0.828. The Kier molecular flexibility index (Phi) is 5.25. The minimum Gasteiger partial charge on any atom is -0.462 e. The Labute approximate surface area is 171 Å². The summed E-state index contributed by atoms with van der Waals surface area (Å²) < 4.78 is 23.2. The second-order valence-electron chi connectivity index (χ2n) is 9.14. The van der Waals surface area contributed by atoms with Gasteiger partial charge in [0, 0.05) is 23.7 Å². The average Bonchev–Trinajstić information content (AvgIpc) is 3.19. The van der Waals surface area contributed by atoms with Crippen LogP contribution >= 0.6 is 0 Å². The molecule has 4 atom stereocenters. The molecule has 2 aliphatic heterocycles. The molecule has 0 spiro atoms. The van der Waals surface area contributed by atoms with Crippen molar-refractivity contribution >= 4 is 11.9 Å². The van der Waals surface area contributed by atoms with Gasteiger partial charge in [-0.25, -0.2) is 4.79 Å². The van der Waals surface area contributed by atoms with Crippen LogP contribution in [0.3, 0.4) is 0 Å². The lowest BCUT2D eigenvalue weighted by Crippen LogP contribution is -2.44. The van der Waals surface area contributed by atoms with E-state index in [9.17, 15) is 9.59 Å². The topological polar surface area (TPSA) is 71.1 Å². The molecule has 4 rings (SSSR count). The van der Waals surface area contributed by atoms with Gasteiger partial charge in [-0.2, -0.15) is 0 Å². The van der Waals surface area contributed by atoms with Crippen LogP contribution in [0.5, 0.6) is 0 Å². The van der Waals surface area contributed by atoms with Gasteiger partial charge in [-0.05, 0) is 25.1 Å².